The number of hydrogen-bond donors (Lipinski definition) is 1. The minimum atomic E-state index is -0.110. The molecule has 2 aromatic heterocycles. The molecule has 23 heavy (non-hydrogen) atoms. The van der Waals surface area contributed by atoms with Crippen molar-refractivity contribution in [2.45, 2.75) is 13.8 Å². The second-order valence-electron chi connectivity index (χ2n) is 5.47. The van der Waals surface area contributed by atoms with Crippen LogP contribution in [0, 0.1) is 5.92 Å². The second kappa shape index (κ2) is 6.04. The third-order valence-electron chi connectivity index (χ3n) is 3.33. The van der Waals surface area contributed by atoms with Gasteiger partial charge in [-0.2, -0.15) is 10.1 Å². The Hall–Kier alpha value is -2.96. The standard InChI is InChI=1S/C16H17N5O2/c1-10(2)15(22)17-13-9-12(19-21(13)3)16-18-14(20-23-16)11-7-5-4-6-8-11/h4-10H,1-3H3,(H,17,22). The van der Waals surface area contributed by atoms with Crippen molar-refractivity contribution < 1.29 is 9.32 Å². The van der Waals surface area contributed by atoms with Crippen LogP contribution in [-0.2, 0) is 11.8 Å². The van der Waals surface area contributed by atoms with Gasteiger partial charge in [0, 0.05) is 24.6 Å². The maximum Gasteiger partial charge on any atom is 0.278 e. The van der Waals surface area contributed by atoms with Crippen molar-refractivity contribution >= 4 is 11.7 Å². The highest BCUT2D eigenvalue weighted by atomic mass is 16.5. The van der Waals surface area contributed by atoms with E-state index in [2.05, 4.69) is 20.6 Å². The summed E-state index contributed by atoms with van der Waals surface area (Å²) in [6.45, 7) is 3.66. The Balaban J connectivity index is 1.86. The number of aromatic nitrogens is 4. The highest BCUT2D eigenvalue weighted by Crippen LogP contribution is 2.23. The van der Waals surface area contributed by atoms with Crippen molar-refractivity contribution in [3.8, 4) is 23.0 Å². The fraction of sp³-hybridized carbons (Fsp3) is 0.250. The second-order valence-corrected chi connectivity index (χ2v) is 5.47. The van der Waals surface area contributed by atoms with Crippen molar-refractivity contribution in [3.05, 3.63) is 36.4 Å². The lowest BCUT2D eigenvalue weighted by molar-refractivity contribution is -0.118. The van der Waals surface area contributed by atoms with Crippen molar-refractivity contribution in [3.63, 3.8) is 0 Å². The van der Waals surface area contributed by atoms with Gasteiger partial charge in [0.05, 0.1) is 0 Å². The number of hydrogen-bond acceptors (Lipinski definition) is 5. The molecule has 0 unspecified atom stereocenters. The summed E-state index contributed by atoms with van der Waals surface area (Å²) in [6.07, 6.45) is 0. The van der Waals surface area contributed by atoms with Gasteiger partial charge >= 0.3 is 0 Å². The molecule has 1 amide bonds. The van der Waals surface area contributed by atoms with E-state index in [4.69, 9.17) is 4.52 Å². The first-order valence-electron chi connectivity index (χ1n) is 7.29. The van der Waals surface area contributed by atoms with E-state index in [0.717, 1.165) is 5.56 Å². The van der Waals surface area contributed by atoms with Crippen LogP contribution in [0.5, 0.6) is 0 Å². The molecular weight excluding hydrogens is 294 g/mol. The first-order chi connectivity index (χ1) is 11.0. The topological polar surface area (TPSA) is 85.8 Å². The summed E-state index contributed by atoms with van der Waals surface area (Å²) >= 11 is 0. The molecular formula is C16H17N5O2. The molecule has 0 atom stereocenters. The molecule has 0 bridgehead atoms. The molecule has 2 heterocycles. The summed E-state index contributed by atoms with van der Waals surface area (Å²) in [6, 6.07) is 11.3. The quantitative estimate of drug-likeness (QED) is 0.800. The molecule has 0 spiro atoms. The molecule has 0 aliphatic heterocycles. The van der Waals surface area contributed by atoms with Gasteiger partial charge in [-0.15, -0.1) is 0 Å². The minimum Gasteiger partial charge on any atom is -0.332 e. The lowest BCUT2D eigenvalue weighted by Gasteiger charge is -2.06. The third kappa shape index (κ3) is 3.13. The largest absolute Gasteiger partial charge is 0.332 e. The molecule has 7 nitrogen and oxygen atoms in total. The predicted octanol–water partition coefficient (Wildman–Crippen LogP) is 2.73. The van der Waals surface area contributed by atoms with E-state index in [9.17, 15) is 4.79 Å². The predicted molar refractivity (Wildman–Crippen MR) is 85.4 cm³/mol. The van der Waals surface area contributed by atoms with Crippen LogP contribution in [0.25, 0.3) is 23.0 Å². The molecule has 0 saturated heterocycles. The first-order valence-corrected chi connectivity index (χ1v) is 7.29. The maximum atomic E-state index is 11.8. The van der Waals surface area contributed by atoms with Crippen molar-refractivity contribution in [2.24, 2.45) is 13.0 Å². The van der Waals surface area contributed by atoms with Crippen molar-refractivity contribution in [2.75, 3.05) is 5.32 Å². The maximum absolute atomic E-state index is 11.8. The minimum absolute atomic E-state index is 0.0740. The Morgan fingerprint density at radius 1 is 1.26 bits per heavy atom. The zero-order valence-electron chi connectivity index (χ0n) is 13.1. The Morgan fingerprint density at radius 2 is 2.00 bits per heavy atom. The SMILES string of the molecule is CC(C)C(=O)Nc1cc(-c2nc(-c3ccccc3)no2)nn1C. The summed E-state index contributed by atoms with van der Waals surface area (Å²) in [5.74, 6) is 1.21. The van der Waals surface area contributed by atoms with Crippen LogP contribution in [-0.4, -0.2) is 25.8 Å². The number of carbonyl (C=O) groups excluding carboxylic acids is 1. The number of nitrogens with zero attached hydrogens (tertiary/aromatic N) is 4. The molecule has 118 valence electrons. The summed E-state index contributed by atoms with van der Waals surface area (Å²) in [5, 5.41) is 11.1. The van der Waals surface area contributed by atoms with Crippen LogP contribution in [0.15, 0.2) is 40.9 Å². The van der Waals surface area contributed by atoms with Gasteiger partial charge in [-0.1, -0.05) is 49.3 Å². The molecule has 7 heteroatoms. The monoisotopic (exact) mass is 311 g/mol. The van der Waals surface area contributed by atoms with Gasteiger partial charge in [-0.3, -0.25) is 9.48 Å². The molecule has 0 saturated carbocycles. The summed E-state index contributed by atoms with van der Waals surface area (Å²) < 4.78 is 6.85. The molecule has 0 fully saturated rings. The molecule has 0 aliphatic carbocycles. The smallest absolute Gasteiger partial charge is 0.278 e. The molecule has 0 aliphatic rings. The number of benzene rings is 1. The molecule has 3 rings (SSSR count). The number of rotatable bonds is 4. The normalized spacial score (nSPS) is 11.0. The zero-order chi connectivity index (χ0) is 16.4. The van der Waals surface area contributed by atoms with E-state index in [0.29, 0.717) is 23.2 Å². The van der Waals surface area contributed by atoms with Crippen molar-refractivity contribution in [1.29, 1.82) is 0 Å². The average Bonchev–Trinajstić information content (AvgIpc) is 3.16. The number of aryl methyl sites for hydroxylation is 1. The van der Waals surface area contributed by atoms with Crippen LogP contribution in [0.4, 0.5) is 5.82 Å². The van der Waals surface area contributed by atoms with E-state index in [-0.39, 0.29) is 11.8 Å². The third-order valence-corrected chi connectivity index (χ3v) is 3.33. The fourth-order valence-corrected chi connectivity index (χ4v) is 1.99. The molecule has 0 radical (unpaired) electrons. The zero-order valence-corrected chi connectivity index (χ0v) is 13.1. The summed E-state index contributed by atoms with van der Waals surface area (Å²) in [7, 11) is 1.74. The number of carbonyl (C=O) groups is 1. The fourth-order valence-electron chi connectivity index (χ4n) is 1.99. The highest BCUT2D eigenvalue weighted by molar-refractivity contribution is 5.91. The van der Waals surface area contributed by atoms with Gasteiger partial charge < -0.3 is 9.84 Å². The molecule has 1 aromatic carbocycles. The highest BCUT2D eigenvalue weighted by Gasteiger charge is 2.17. The van der Waals surface area contributed by atoms with Gasteiger partial charge in [0.1, 0.15) is 5.82 Å². The van der Waals surface area contributed by atoms with Gasteiger partial charge in [0.2, 0.25) is 11.7 Å². The Bertz CT molecular complexity index is 820. The molecule has 3 aromatic rings. The van der Waals surface area contributed by atoms with E-state index in [1.807, 2.05) is 44.2 Å². The number of anilines is 1. The van der Waals surface area contributed by atoms with Gasteiger partial charge in [0.25, 0.3) is 5.89 Å². The first kappa shape index (κ1) is 15.0. The van der Waals surface area contributed by atoms with Crippen molar-refractivity contribution in [1.82, 2.24) is 19.9 Å². The van der Waals surface area contributed by atoms with Crippen LogP contribution >= 0.6 is 0 Å². The van der Waals surface area contributed by atoms with E-state index < -0.39 is 0 Å². The summed E-state index contributed by atoms with van der Waals surface area (Å²) in [4.78, 5) is 16.1. The lowest BCUT2D eigenvalue weighted by Crippen LogP contribution is -2.19. The van der Waals surface area contributed by atoms with Crippen LogP contribution in [0.2, 0.25) is 0 Å². The Kier molecular flexibility index (Phi) is 3.92. The average molecular weight is 311 g/mol. The molecule has 1 N–H and O–H groups in total. The van der Waals surface area contributed by atoms with Gasteiger partial charge in [-0.05, 0) is 0 Å². The van der Waals surface area contributed by atoms with E-state index in [1.54, 1.807) is 17.8 Å². The van der Waals surface area contributed by atoms with Crippen LogP contribution < -0.4 is 5.32 Å². The van der Waals surface area contributed by atoms with Gasteiger partial charge in [-0.25, -0.2) is 0 Å². The number of nitrogens with one attached hydrogen (secondary N) is 1. The van der Waals surface area contributed by atoms with E-state index in [1.165, 1.54) is 0 Å². The lowest BCUT2D eigenvalue weighted by atomic mass is 10.2. The van der Waals surface area contributed by atoms with Crippen LogP contribution in [0.1, 0.15) is 13.8 Å². The Morgan fingerprint density at radius 3 is 2.70 bits per heavy atom. The summed E-state index contributed by atoms with van der Waals surface area (Å²) in [5.41, 5.74) is 1.38. The van der Waals surface area contributed by atoms with Gasteiger partial charge in [0.15, 0.2) is 5.69 Å². The van der Waals surface area contributed by atoms with E-state index >= 15 is 0 Å². The number of amides is 1. The Labute approximate surface area is 133 Å². The van der Waals surface area contributed by atoms with Crippen LogP contribution in [0.3, 0.4) is 0 Å².